The molecule has 2 aromatic carbocycles. The van der Waals surface area contributed by atoms with Gasteiger partial charge in [-0.1, -0.05) is 24.3 Å². The van der Waals surface area contributed by atoms with Crippen LogP contribution >= 0.6 is 0 Å². The van der Waals surface area contributed by atoms with Gasteiger partial charge >= 0.3 is 0 Å². The molecule has 2 aromatic rings. The number of benzene rings is 2. The third kappa shape index (κ3) is 3.54. The quantitative estimate of drug-likeness (QED) is 0.927. The predicted molar refractivity (Wildman–Crippen MR) is 91.9 cm³/mol. The maximum Gasteiger partial charge on any atom is 0.126 e. The molecule has 132 valence electrons. The van der Waals surface area contributed by atoms with Crippen LogP contribution in [0.3, 0.4) is 0 Å². The Hall–Kier alpha value is -1.95. The first-order valence-electron chi connectivity index (χ1n) is 8.65. The van der Waals surface area contributed by atoms with E-state index in [0.717, 1.165) is 30.6 Å². The summed E-state index contributed by atoms with van der Waals surface area (Å²) in [5.41, 5.74) is 1.03. The Morgan fingerprint density at radius 1 is 1.20 bits per heavy atom. The molecule has 5 heteroatoms. The van der Waals surface area contributed by atoms with E-state index in [9.17, 15) is 9.50 Å². The molecule has 0 saturated carbocycles. The van der Waals surface area contributed by atoms with Gasteiger partial charge in [0.05, 0.1) is 13.2 Å². The van der Waals surface area contributed by atoms with E-state index >= 15 is 0 Å². The third-order valence-electron chi connectivity index (χ3n) is 4.95. The number of aliphatic hydroxyl groups is 1. The normalized spacial score (nSPS) is 26.4. The Morgan fingerprint density at radius 3 is 2.84 bits per heavy atom. The number of hydrogen-bond acceptors (Lipinski definition) is 4. The summed E-state index contributed by atoms with van der Waals surface area (Å²) < 4.78 is 24.5. The van der Waals surface area contributed by atoms with Gasteiger partial charge in [-0.3, -0.25) is 4.90 Å². The second-order valence-corrected chi connectivity index (χ2v) is 6.90. The van der Waals surface area contributed by atoms with E-state index in [1.165, 1.54) is 12.1 Å². The Labute approximate surface area is 146 Å². The summed E-state index contributed by atoms with van der Waals surface area (Å²) in [4.78, 5) is 2.21. The molecule has 0 spiro atoms. The van der Waals surface area contributed by atoms with Gasteiger partial charge in [-0.15, -0.1) is 0 Å². The number of ether oxygens (including phenoxy) is 2. The molecule has 4 rings (SSSR count). The first-order chi connectivity index (χ1) is 12.1. The van der Waals surface area contributed by atoms with Gasteiger partial charge in [-0.25, -0.2) is 4.39 Å². The molecule has 1 N–H and O–H groups in total. The van der Waals surface area contributed by atoms with E-state index in [-0.39, 0.29) is 11.9 Å². The summed E-state index contributed by atoms with van der Waals surface area (Å²) in [5, 5.41) is 11.1. The van der Waals surface area contributed by atoms with Crippen molar-refractivity contribution in [2.45, 2.75) is 24.7 Å². The summed E-state index contributed by atoms with van der Waals surface area (Å²) in [6, 6.07) is 14.0. The minimum Gasteiger partial charge on any atom is -0.489 e. The number of rotatable bonds is 4. The second-order valence-electron chi connectivity index (χ2n) is 6.90. The predicted octanol–water partition coefficient (Wildman–Crippen LogP) is 2.70. The van der Waals surface area contributed by atoms with Crippen molar-refractivity contribution in [3.05, 3.63) is 65.5 Å². The van der Waals surface area contributed by atoms with Crippen LogP contribution in [0, 0.1) is 5.82 Å². The Morgan fingerprint density at radius 2 is 2.00 bits per heavy atom. The molecule has 2 heterocycles. The van der Waals surface area contributed by atoms with Crippen LogP contribution in [0.5, 0.6) is 5.75 Å². The minimum absolute atomic E-state index is 0.0498. The fourth-order valence-corrected chi connectivity index (χ4v) is 3.75. The van der Waals surface area contributed by atoms with Crippen LogP contribution in [-0.2, 0) is 16.9 Å². The van der Waals surface area contributed by atoms with Gasteiger partial charge in [0.15, 0.2) is 0 Å². The first kappa shape index (κ1) is 16.5. The zero-order chi connectivity index (χ0) is 17.3. The molecule has 1 unspecified atom stereocenters. The zero-order valence-electron chi connectivity index (χ0n) is 14.0. The summed E-state index contributed by atoms with van der Waals surface area (Å²) in [5.74, 6) is 0.414. The highest BCUT2D eigenvalue weighted by molar-refractivity contribution is 5.34. The van der Waals surface area contributed by atoms with E-state index in [1.54, 1.807) is 12.1 Å². The SMILES string of the molecule is OC1(CN2CC[C@H](Oc3ccc(F)cc3)C2)COCc2ccccc21. The van der Waals surface area contributed by atoms with Gasteiger partial charge in [-0.2, -0.15) is 0 Å². The molecule has 2 aliphatic rings. The number of likely N-dealkylation sites (tertiary alicyclic amines) is 1. The molecule has 2 atom stereocenters. The van der Waals surface area contributed by atoms with Crippen LogP contribution in [0.2, 0.25) is 0 Å². The number of β-amino-alcohol motifs (C(OH)–C–C–N with tert-alkyl or cyclic N) is 1. The van der Waals surface area contributed by atoms with Crippen LogP contribution in [0.4, 0.5) is 4.39 Å². The molecular formula is C20H22FNO3. The average Bonchev–Trinajstić information content (AvgIpc) is 3.04. The zero-order valence-corrected chi connectivity index (χ0v) is 14.0. The van der Waals surface area contributed by atoms with Crippen molar-refractivity contribution in [1.29, 1.82) is 0 Å². The molecule has 1 saturated heterocycles. The van der Waals surface area contributed by atoms with Gasteiger partial charge in [0.2, 0.25) is 0 Å². The van der Waals surface area contributed by atoms with Crippen LogP contribution in [0.15, 0.2) is 48.5 Å². The maximum absolute atomic E-state index is 13.0. The van der Waals surface area contributed by atoms with Gasteiger partial charge in [0.25, 0.3) is 0 Å². The maximum atomic E-state index is 13.0. The highest BCUT2D eigenvalue weighted by Crippen LogP contribution is 2.32. The van der Waals surface area contributed by atoms with E-state index in [1.807, 2.05) is 24.3 Å². The highest BCUT2D eigenvalue weighted by atomic mass is 19.1. The van der Waals surface area contributed by atoms with Gasteiger partial charge in [0, 0.05) is 19.6 Å². The Kier molecular flexibility index (Phi) is 4.46. The number of halogens is 1. The van der Waals surface area contributed by atoms with Crippen molar-refractivity contribution in [3.8, 4) is 5.75 Å². The molecular weight excluding hydrogens is 321 g/mol. The van der Waals surface area contributed by atoms with Crippen molar-refractivity contribution in [2.75, 3.05) is 26.2 Å². The van der Waals surface area contributed by atoms with Gasteiger partial charge in [-0.05, 0) is 41.8 Å². The number of hydrogen-bond donors (Lipinski definition) is 1. The van der Waals surface area contributed by atoms with Crippen molar-refractivity contribution in [2.24, 2.45) is 0 Å². The fourth-order valence-electron chi connectivity index (χ4n) is 3.75. The lowest BCUT2D eigenvalue weighted by Crippen LogP contribution is -2.46. The molecule has 0 amide bonds. The lowest BCUT2D eigenvalue weighted by molar-refractivity contribution is -0.0877. The number of nitrogens with zero attached hydrogens (tertiary/aromatic N) is 1. The van der Waals surface area contributed by atoms with E-state index in [0.29, 0.717) is 25.5 Å². The number of fused-ring (bicyclic) bond motifs is 1. The first-order valence-corrected chi connectivity index (χ1v) is 8.65. The Bertz CT molecular complexity index is 736. The topological polar surface area (TPSA) is 41.9 Å². The van der Waals surface area contributed by atoms with Crippen LogP contribution in [-0.4, -0.2) is 42.4 Å². The smallest absolute Gasteiger partial charge is 0.126 e. The standard InChI is InChI=1S/C20H22FNO3/c21-16-5-7-17(8-6-16)25-18-9-10-22(11-18)13-20(23)14-24-12-15-3-1-2-4-19(15)20/h1-8,18,23H,9-14H2/t18-,20?/m0/s1. The molecule has 0 bridgehead atoms. The van der Waals surface area contributed by atoms with Crippen LogP contribution in [0.1, 0.15) is 17.5 Å². The second kappa shape index (κ2) is 6.75. The van der Waals surface area contributed by atoms with Gasteiger partial charge in [0.1, 0.15) is 23.3 Å². The average molecular weight is 343 g/mol. The van der Waals surface area contributed by atoms with Crippen molar-refractivity contribution in [1.82, 2.24) is 4.90 Å². The summed E-state index contributed by atoms with van der Waals surface area (Å²) in [7, 11) is 0. The summed E-state index contributed by atoms with van der Waals surface area (Å²) in [6.45, 7) is 2.98. The monoisotopic (exact) mass is 343 g/mol. The van der Waals surface area contributed by atoms with Crippen molar-refractivity contribution in [3.63, 3.8) is 0 Å². The minimum atomic E-state index is -0.986. The molecule has 0 aliphatic carbocycles. The highest BCUT2D eigenvalue weighted by Gasteiger charge is 2.38. The summed E-state index contributed by atoms with van der Waals surface area (Å²) >= 11 is 0. The van der Waals surface area contributed by atoms with E-state index in [4.69, 9.17) is 9.47 Å². The van der Waals surface area contributed by atoms with Crippen LogP contribution in [0.25, 0.3) is 0 Å². The van der Waals surface area contributed by atoms with Crippen molar-refractivity contribution >= 4 is 0 Å². The Balaban J connectivity index is 1.40. The molecule has 2 aliphatic heterocycles. The lowest BCUT2D eigenvalue weighted by atomic mass is 9.88. The third-order valence-corrected chi connectivity index (χ3v) is 4.95. The molecule has 4 nitrogen and oxygen atoms in total. The van der Waals surface area contributed by atoms with Crippen molar-refractivity contribution < 1.29 is 19.0 Å². The lowest BCUT2D eigenvalue weighted by Gasteiger charge is -2.37. The fraction of sp³-hybridized carbons (Fsp3) is 0.400. The molecule has 1 fully saturated rings. The molecule has 0 radical (unpaired) electrons. The van der Waals surface area contributed by atoms with E-state index < -0.39 is 5.60 Å². The molecule has 0 aromatic heterocycles. The van der Waals surface area contributed by atoms with E-state index in [2.05, 4.69) is 4.90 Å². The largest absolute Gasteiger partial charge is 0.489 e. The summed E-state index contributed by atoms with van der Waals surface area (Å²) in [6.07, 6.45) is 0.935. The molecule has 25 heavy (non-hydrogen) atoms. The van der Waals surface area contributed by atoms with Gasteiger partial charge < -0.3 is 14.6 Å². The van der Waals surface area contributed by atoms with Crippen LogP contribution < -0.4 is 4.74 Å².